The van der Waals surface area contributed by atoms with Crippen LogP contribution in [-0.2, 0) is 0 Å². The summed E-state index contributed by atoms with van der Waals surface area (Å²) < 4.78 is 0. The standard InChI is InChI=1S/C27H31N.C8H10/c1-8-9-26(25-11-10-19(4)27(28)17-25)22(7)20(5)16-21(6)24-14-12-23(13-15-24)18(2)3;1-7-4-3-5-8(2)6-7/h8-17H,2,5,28H2,1,3-4,6-7H3;3-6H,1-2H3/b9-8-,21-16+,26-22+;. The van der Waals surface area contributed by atoms with Crippen LogP contribution in [0.5, 0.6) is 0 Å². The van der Waals surface area contributed by atoms with E-state index in [1.54, 1.807) is 0 Å². The second-order valence-electron chi connectivity index (χ2n) is 9.48. The maximum Gasteiger partial charge on any atom is 0.0349 e. The average Bonchev–Trinajstić information content (AvgIpc) is 2.84. The third-order valence-electron chi connectivity index (χ3n) is 6.21. The zero-order valence-electron chi connectivity index (χ0n) is 23.1. The topological polar surface area (TPSA) is 26.0 Å². The Morgan fingerprint density at radius 3 is 1.78 bits per heavy atom. The van der Waals surface area contributed by atoms with E-state index in [1.165, 1.54) is 27.8 Å². The molecule has 186 valence electrons. The van der Waals surface area contributed by atoms with Gasteiger partial charge in [-0.1, -0.05) is 109 Å². The van der Waals surface area contributed by atoms with Crippen LogP contribution in [0.1, 0.15) is 61.1 Å². The number of nitrogen functional groups attached to an aromatic ring is 1. The van der Waals surface area contributed by atoms with E-state index in [0.29, 0.717) is 0 Å². The molecule has 0 saturated carbocycles. The van der Waals surface area contributed by atoms with Gasteiger partial charge in [0.2, 0.25) is 0 Å². The van der Waals surface area contributed by atoms with Gasteiger partial charge in [0, 0.05) is 5.69 Å². The van der Waals surface area contributed by atoms with Gasteiger partial charge in [-0.2, -0.15) is 0 Å². The van der Waals surface area contributed by atoms with Crippen LogP contribution >= 0.6 is 0 Å². The van der Waals surface area contributed by atoms with Crippen LogP contribution in [0, 0.1) is 20.8 Å². The van der Waals surface area contributed by atoms with Gasteiger partial charge in [0.25, 0.3) is 0 Å². The zero-order chi connectivity index (χ0) is 26.8. The molecule has 0 aliphatic carbocycles. The summed E-state index contributed by atoms with van der Waals surface area (Å²) in [6.07, 6.45) is 6.32. The molecule has 0 fully saturated rings. The van der Waals surface area contributed by atoms with Crippen molar-refractivity contribution in [1.82, 2.24) is 0 Å². The molecule has 0 atom stereocenters. The van der Waals surface area contributed by atoms with Crippen LogP contribution in [-0.4, -0.2) is 0 Å². The van der Waals surface area contributed by atoms with Gasteiger partial charge in [-0.05, 0) is 99.1 Å². The summed E-state index contributed by atoms with van der Waals surface area (Å²) in [5, 5.41) is 0. The van der Waals surface area contributed by atoms with Crippen LogP contribution in [0.25, 0.3) is 16.7 Å². The molecule has 0 heterocycles. The van der Waals surface area contributed by atoms with Crippen LogP contribution in [0.3, 0.4) is 0 Å². The van der Waals surface area contributed by atoms with Gasteiger partial charge in [-0.25, -0.2) is 0 Å². The van der Waals surface area contributed by atoms with Gasteiger partial charge in [0.1, 0.15) is 0 Å². The molecule has 2 N–H and O–H groups in total. The smallest absolute Gasteiger partial charge is 0.0349 e. The quantitative estimate of drug-likeness (QED) is 0.278. The normalized spacial score (nSPS) is 12.0. The van der Waals surface area contributed by atoms with Crippen molar-refractivity contribution in [3.63, 3.8) is 0 Å². The Morgan fingerprint density at radius 1 is 0.750 bits per heavy atom. The minimum atomic E-state index is 0.808. The van der Waals surface area contributed by atoms with E-state index in [0.717, 1.165) is 39.1 Å². The van der Waals surface area contributed by atoms with Gasteiger partial charge >= 0.3 is 0 Å². The Labute approximate surface area is 219 Å². The Hall–Kier alpha value is -3.84. The van der Waals surface area contributed by atoms with Gasteiger partial charge in [0.15, 0.2) is 0 Å². The molecule has 0 spiro atoms. The van der Waals surface area contributed by atoms with E-state index < -0.39 is 0 Å². The molecular weight excluding hydrogens is 434 g/mol. The third-order valence-corrected chi connectivity index (χ3v) is 6.21. The number of anilines is 1. The summed E-state index contributed by atoms with van der Waals surface area (Å²) >= 11 is 0. The Kier molecular flexibility index (Phi) is 10.5. The highest BCUT2D eigenvalue weighted by molar-refractivity contribution is 5.82. The van der Waals surface area contributed by atoms with Crippen molar-refractivity contribution in [2.24, 2.45) is 0 Å². The molecule has 3 rings (SSSR count). The lowest BCUT2D eigenvalue weighted by Crippen LogP contribution is -1.94. The first-order valence-electron chi connectivity index (χ1n) is 12.4. The van der Waals surface area contributed by atoms with Gasteiger partial charge in [-0.3, -0.25) is 0 Å². The van der Waals surface area contributed by atoms with E-state index >= 15 is 0 Å². The molecule has 0 unspecified atom stereocenters. The average molecular weight is 476 g/mol. The Balaban J connectivity index is 0.000000482. The van der Waals surface area contributed by atoms with Gasteiger partial charge in [0.05, 0.1) is 0 Å². The maximum atomic E-state index is 6.13. The zero-order valence-corrected chi connectivity index (χ0v) is 23.1. The number of hydrogen-bond acceptors (Lipinski definition) is 1. The van der Waals surface area contributed by atoms with Crippen molar-refractivity contribution in [3.8, 4) is 0 Å². The highest BCUT2D eigenvalue weighted by Gasteiger charge is 2.08. The van der Waals surface area contributed by atoms with Gasteiger partial charge < -0.3 is 5.73 Å². The Morgan fingerprint density at radius 2 is 1.31 bits per heavy atom. The molecule has 1 heteroatoms. The molecule has 0 aliphatic rings. The van der Waals surface area contributed by atoms with Crippen molar-refractivity contribution in [2.45, 2.75) is 48.5 Å². The summed E-state index contributed by atoms with van der Waals surface area (Å²) in [5.41, 5.74) is 19.7. The molecule has 1 nitrogen and oxygen atoms in total. The van der Waals surface area contributed by atoms with E-state index in [2.05, 4.69) is 120 Å². The van der Waals surface area contributed by atoms with Crippen LogP contribution < -0.4 is 5.73 Å². The SMILES string of the molecule is C=C(/C=C(\C)c1ccc(C(=C)C)cc1)/C(C)=C(\C=C/C)c1ccc(C)c(N)c1.Cc1cccc(C)c1. The largest absolute Gasteiger partial charge is 0.398 e. The predicted octanol–water partition coefficient (Wildman–Crippen LogP) is 9.92. The van der Waals surface area contributed by atoms with Crippen LogP contribution in [0.4, 0.5) is 5.69 Å². The first-order chi connectivity index (χ1) is 17.0. The molecule has 0 bridgehead atoms. The minimum absolute atomic E-state index is 0.808. The Bertz CT molecular complexity index is 1290. The number of nitrogens with two attached hydrogens (primary N) is 1. The maximum absolute atomic E-state index is 6.13. The van der Waals surface area contributed by atoms with E-state index in [-0.39, 0.29) is 0 Å². The molecule has 0 saturated heterocycles. The van der Waals surface area contributed by atoms with Crippen LogP contribution in [0.15, 0.2) is 109 Å². The van der Waals surface area contributed by atoms with Crippen molar-refractivity contribution >= 4 is 22.4 Å². The van der Waals surface area contributed by atoms with Crippen LogP contribution in [0.2, 0.25) is 0 Å². The van der Waals surface area contributed by atoms with Crippen molar-refractivity contribution in [3.05, 3.63) is 143 Å². The fraction of sp³-hybridized carbons (Fsp3) is 0.200. The second kappa shape index (κ2) is 13.3. The molecule has 3 aromatic carbocycles. The lowest BCUT2D eigenvalue weighted by atomic mass is 9.93. The lowest BCUT2D eigenvalue weighted by molar-refractivity contribution is 1.39. The molecule has 0 radical (unpaired) electrons. The summed E-state index contributed by atoms with van der Waals surface area (Å²) in [6.45, 7) is 22.8. The number of aryl methyl sites for hydroxylation is 3. The predicted molar refractivity (Wildman–Crippen MR) is 163 cm³/mol. The van der Waals surface area contributed by atoms with E-state index in [9.17, 15) is 0 Å². The number of rotatable bonds is 6. The summed E-state index contributed by atoms with van der Waals surface area (Å²) in [4.78, 5) is 0. The number of benzene rings is 3. The first kappa shape index (κ1) is 28.4. The second-order valence-corrected chi connectivity index (χ2v) is 9.48. The highest BCUT2D eigenvalue weighted by Crippen LogP contribution is 2.29. The lowest BCUT2D eigenvalue weighted by Gasteiger charge is -2.13. The molecule has 0 aromatic heterocycles. The fourth-order valence-corrected chi connectivity index (χ4v) is 3.86. The molecule has 0 aliphatic heterocycles. The monoisotopic (exact) mass is 475 g/mol. The molecule has 36 heavy (non-hydrogen) atoms. The first-order valence-corrected chi connectivity index (χ1v) is 12.4. The molecule has 3 aromatic rings. The molecule has 0 amide bonds. The minimum Gasteiger partial charge on any atom is -0.398 e. The van der Waals surface area contributed by atoms with Crippen molar-refractivity contribution < 1.29 is 0 Å². The number of hydrogen-bond donors (Lipinski definition) is 1. The molecular formula is C35H41N. The van der Waals surface area contributed by atoms with E-state index in [1.807, 2.05) is 26.8 Å². The third kappa shape index (κ3) is 8.13. The summed E-state index contributed by atoms with van der Waals surface area (Å²) in [5.74, 6) is 0. The van der Waals surface area contributed by atoms with Crippen molar-refractivity contribution in [1.29, 1.82) is 0 Å². The van der Waals surface area contributed by atoms with E-state index in [4.69, 9.17) is 5.73 Å². The highest BCUT2D eigenvalue weighted by atomic mass is 14.6. The fourth-order valence-electron chi connectivity index (χ4n) is 3.86. The summed E-state index contributed by atoms with van der Waals surface area (Å²) in [6, 6.07) is 23.2. The summed E-state index contributed by atoms with van der Waals surface area (Å²) in [7, 11) is 0. The van der Waals surface area contributed by atoms with Crippen molar-refractivity contribution in [2.75, 3.05) is 5.73 Å². The van der Waals surface area contributed by atoms with Gasteiger partial charge in [-0.15, -0.1) is 0 Å². The number of allylic oxidation sites excluding steroid dienone is 8.